The molecular weight excluding hydrogens is 773 g/mol. The minimum atomic E-state index is -4.53. The summed E-state index contributed by atoms with van der Waals surface area (Å²) in [5.41, 5.74) is 0.881. The summed E-state index contributed by atoms with van der Waals surface area (Å²) < 4.78 is 103. The lowest BCUT2D eigenvalue weighted by atomic mass is 10.0. The van der Waals surface area contributed by atoms with Gasteiger partial charge in [-0.2, -0.15) is 13.2 Å². The Morgan fingerprint density at radius 3 is 2.25 bits per heavy atom. The van der Waals surface area contributed by atoms with E-state index in [9.17, 15) is 26.0 Å². The van der Waals surface area contributed by atoms with Crippen LogP contribution in [-0.4, -0.2) is 122 Å². The van der Waals surface area contributed by atoms with Crippen LogP contribution in [0.3, 0.4) is 0 Å². The Morgan fingerprint density at radius 2 is 1.67 bits per heavy atom. The van der Waals surface area contributed by atoms with E-state index in [-0.39, 0.29) is 54.2 Å². The lowest BCUT2D eigenvalue weighted by Gasteiger charge is -2.33. The zero-order valence-electron chi connectivity index (χ0n) is 33.1. The Hall–Kier alpha value is -3.19. The van der Waals surface area contributed by atoms with Crippen molar-refractivity contribution in [2.24, 2.45) is 0 Å². The van der Waals surface area contributed by atoms with Crippen molar-refractivity contribution in [2.45, 2.75) is 87.5 Å². The molecule has 0 unspecified atom stereocenters. The number of sulfonamides is 1. The molecule has 2 atom stereocenters. The smallest absolute Gasteiger partial charge is 0.394 e. The van der Waals surface area contributed by atoms with Crippen molar-refractivity contribution < 1.29 is 40.2 Å². The summed E-state index contributed by atoms with van der Waals surface area (Å²) >= 11 is 0. The van der Waals surface area contributed by atoms with Gasteiger partial charge in [0.25, 0.3) is 0 Å². The number of piperidine rings is 1. The van der Waals surface area contributed by atoms with Crippen LogP contribution in [0.1, 0.15) is 17.8 Å². The number of pyridine rings is 1. The predicted octanol–water partition coefficient (Wildman–Crippen LogP) is 6.98. The molecule has 0 amide bonds. The third kappa shape index (κ3) is 13.5. The monoisotopic (exact) mass is 828 g/mol. The summed E-state index contributed by atoms with van der Waals surface area (Å²) in [5, 5.41) is 6.23. The van der Waals surface area contributed by atoms with Crippen molar-refractivity contribution in [1.29, 1.82) is 0 Å². The van der Waals surface area contributed by atoms with Crippen molar-refractivity contribution in [3.8, 4) is 17.6 Å². The number of hydrogen-bond donors (Lipinski definition) is 2. The molecule has 1 aromatic carbocycles. The SMILES string of the molecule is COc1cc(S(=O)(=O)N(COCC[Si](C)(C)C)COCC[Si](C)(C)C)ccc1NCC#Cc1nc2c(N[C@@H]3CCN(C)C[C@@H]3F)cccn2c1CC(F)(F)F. The first kappa shape index (κ1) is 44.5. The molecule has 2 N–H and O–H groups in total. The Bertz CT molecular complexity index is 1890. The van der Waals surface area contributed by atoms with Gasteiger partial charge in [-0.25, -0.2) is 17.8 Å². The number of nitrogens with zero attached hydrogens (tertiary/aromatic N) is 4. The van der Waals surface area contributed by atoms with E-state index in [1.165, 1.54) is 34.1 Å². The fraction of sp³-hybridized carbons (Fsp3) is 0.595. The highest BCUT2D eigenvalue weighted by Crippen LogP contribution is 2.30. The first-order chi connectivity index (χ1) is 25.7. The van der Waals surface area contributed by atoms with Gasteiger partial charge in [0, 0.05) is 54.7 Å². The second-order valence-corrected chi connectivity index (χ2v) is 29.5. The van der Waals surface area contributed by atoms with Gasteiger partial charge >= 0.3 is 6.18 Å². The van der Waals surface area contributed by atoms with E-state index >= 15 is 0 Å². The lowest BCUT2D eigenvalue weighted by Crippen LogP contribution is -2.46. The highest BCUT2D eigenvalue weighted by Gasteiger charge is 2.33. The number of rotatable bonds is 18. The molecule has 0 spiro atoms. The number of aromatic nitrogens is 2. The number of alkyl halides is 4. The van der Waals surface area contributed by atoms with Crippen LogP contribution in [-0.2, 0) is 25.9 Å². The van der Waals surface area contributed by atoms with Crippen LogP contribution in [0.25, 0.3) is 5.65 Å². The summed E-state index contributed by atoms with van der Waals surface area (Å²) in [6.07, 6.45) is -4.93. The number of hydrogen-bond acceptors (Lipinski definition) is 9. The van der Waals surface area contributed by atoms with E-state index in [4.69, 9.17) is 14.2 Å². The maximum atomic E-state index is 14.8. The van der Waals surface area contributed by atoms with Gasteiger partial charge in [0.1, 0.15) is 31.1 Å². The highest BCUT2D eigenvalue weighted by atomic mass is 32.2. The van der Waals surface area contributed by atoms with Crippen LogP contribution in [0.4, 0.5) is 28.9 Å². The van der Waals surface area contributed by atoms with Gasteiger partial charge in [-0.3, -0.25) is 0 Å². The van der Waals surface area contributed by atoms with E-state index in [1.807, 2.05) is 11.9 Å². The van der Waals surface area contributed by atoms with Crippen LogP contribution in [0.2, 0.25) is 51.4 Å². The normalized spacial score (nSPS) is 17.3. The number of anilines is 2. The molecule has 55 heavy (non-hydrogen) atoms. The fourth-order valence-corrected chi connectivity index (χ4v) is 8.50. The molecule has 306 valence electrons. The molecule has 1 fully saturated rings. The molecule has 1 aliphatic rings. The van der Waals surface area contributed by atoms with Gasteiger partial charge in [0.15, 0.2) is 5.65 Å². The number of imidazole rings is 1. The fourth-order valence-electron chi connectivity index (χ4n) is 5.77. The molecule has 11 nitrogen and oxygen atoms in total. The zero-order chi connectivity index (χ0) is 40.6. The van der Waals surface area contributed by atoms with Crippen LogP contribution in [0.5, 0.6) is 5.75 Å². The van der Waals surface area contributed by atoms with E-state index in [0.29, 0.717) is 37.6 Å². The number of fused-ring (bicyclic) bond motifs is 1. The van der Waals surface area contributed by atoms with Crippen molar-refractivity contribution in [1.82, 2.24) is 18.6 Å². The number of halogens is 4. The van der Waals surface area contributed by atoms with Gasteiger partial charge in [-0.1, -0.05) is 45.2 Å². The highest BCUT2D eigenvalue weighted by molar-refractivity contribution is 7.89. The minimum Gasteiger partial charge on any atom is -0.495 e. The number of methoxy groups -OCH3 is 1. The lowest BCUT2D eigenvalue weighted by molar-refractivity contribution is -0.128. The summed E-state index contributed by atoms with van der Waals surface area (Å²) in [4.78, 5) is 6.34. The van der Waals surface area contributed by atoms with Crippen molar-refractivity contribution >= 4 is 43.2 Å². The second-order valence-electron chi connectivity index (χ2n) is 16.3. The molecule has 0 aliphatic carbocycles. The number of nitrogens with one attached hydrogen (secondary N) is 2. The summed E-state index contributed by atoms with van der Waals surface area (Å²) in [6.45, 7) is 14.8. The molecule has 0 bridgehead atoms. The first-order valence-corrected chi connectivity index (χ1v) is 27.2. The van der Waals surface area contributed by atoms with E-state index < -0.39 is 51.0 Å². The third-order valence-corrected chi connectivity index (χ3v) is 14.2. The minimum absolute atomic E-state index is 0.0196. The molecule has 1 aliphatic heterocycles. The Kier molecular flexibility index (Phi) is 15.3. The molecular formula is C37H56F4N6O5SSi2. The zero-order valence-corrected chi connectivity index (χ0v) is 36.0. The standard InChI is InChI=1S/C37H56F4N6O5SSi2/c1-45-18-15-30(29(38)25-45)43-33-12-10-17-47-34(24-37(39,40)41)31(44-36(33)47)11-9-16-42-32-14-13-28(23-35(32)50-2)53(48,49)46(26-51-19-21-54(3,4)5)27-52-20-22-55(6,7)8/h10,12-14,17,23,29-30,42-43H,15-16,18-22,24-27H2,1-8H3/t29-,30+/m0/s1. The number of ether oxygens (including phenoxy) is 3. The molecule has 3 heterocycles. The molecule has 3 aromatic rings. The maximum absolute atomic E-state index is 14.8. The molecule has 0 radical (unpaired) electrons. The second kappa shape index (κ2) is 18.8. The molecule has 18 heteroatoms. The van der Waals surface area contributed by atoms with Crippen LogP contribution >= 0.6 is 0 Å². The summed E-state index contributed by atoms with van der Waals surface area (Å²) in [6, 6.07) is 8.90. The summed E-state index contributed by atoms with van der Waals surface area (Å²) in [5.74, 6) is 5.85. The van der Waals surface area contributed by atoms with Crippen molar-refractivity contribution in [3.63, 3.8) is 0 Å². The largest absolute Gasteiger partial charge is 0.495 e. The third-order valence-electron chi connectivity index (χ3n) is 9.05. The van der Waals surface area contributed by atoms with Crippen molar-refractivity contribution in [2.75, 3.05) is 71.1 Å². The average molecular weight is 829 g/mol. The number of benzene rings is 1. The maximum Gasteiger partial charge on any atom is 0.394 e. The Labute approximate surface area is 325 Å². The van der Waals surface area contributed by atoms with E-state index in [2.05, 4.69) is 66.7 Å². The van der Waals surface area contributed by atoms with E-state index in [1.54, 1.807) is 18.2 Å². The van der Waals surface area contributed by atoms with E-state index in [0.717, 1.165) is 12.1 Å². The average Bonchev–Trinajstić information content (AvgIpc) is 3.42. The van der Waals surface area contributed by atoms with Crippen LogP contribution in [0.15, 0.2) is 41.4 Å². The summed E-state index contributed by atoms with van der Waals surface area (Å²) in [7, 11) is -3.60. The Balaban J connectivity index is 1.52. The van der Waals surface area contributed by atoms with Gasteiger partial charge < -0.3 is 34.1 Å². The predicted molar refractivity (Wildman–Crippen MR) is 215 cm³/mol. The van der Waals surface area contributed by atoms with Gasteiger partial charge in [-0.05, 0) is 55.7 Å². The van der Waals surface area contributed by atoms with Gasteiger partial charge in [0.05, 0.1) is 48.1 Å². The molecule has 0 saturated carbocycles. The van der Waals surface area contributed by atoms with Crippen LogP contribution < -0.4 is 15.4 Å². The van der Waals surface area contributed by atoms with Crippen molar-refractivity contribution in [3.05, 3.63) is 47.9 Å². The van der Waals surface area contributed by atoms with Gasteiger partial charge in [0.2, 0.25) is 10.0 Å². The Morgan fingerprint density at radius 1 is 1.02 bits per heavy atom. The first-order valence-electron chi connectivity index (χ1n) is 18.4. The molecule has 4 rings (SSSR count). The van der Waals surface area contributed by atoms with Gasteiger partial charge in [-0.15, -0.1) is 4.31 Å². The quantitative estimate of drug-likeness (QED) is 0.0462. The molecule has 1 saturated heterocycles. The van der Waals surface area contributed by atoms with Crippen LogP contribution in [0, 0.1) is 11.8 Å². The topological polar surface area (TPSA) is 110 Å². The molecule has 2 aromatic heterocycles. The number of likely N-dealkylation sites (tertiary alicyclic amines) is 1.